The number of rotatable bonds is 1. The second kappa shape index (κ2) is 3.87. The van der Waals surface area contributed by atoms with Gasteiger partial charge in [-0.15, -0.1) is 0 Å². The van der Waals surface area contributed by atoms with E-state index in [9.17, 15) is 4.79 Å². The number of hydrogen-bond donors (Lipinski definition) is 0. The van der Waals surface area contributed by atoms with Gasteiger partial charge in [0.2, 0.25) is 0 Å². The van der Waals surface area contributed by atoms with Gasteiger partial charge in [0, 0.05) is 6.07 Å². The predicted octanol–water partition coefficient (Wildman–Crippen LogP) is 3.15. The van der Waals surface area contributed by atoms with Gasteiger partial charge >= 0.3 is 17.3 Å². The predicted molar refractivity (Wildman–Crippen MR) is 57.0 cm³/mol. The highest BCUT2D eigenvalue weighted by Gasteiger charge is 2.23. The van der Waals surface area contributed by atoms with Crippen LogP contribution < -0.4 is 0 Å². The van der Waals surface area contributed by atoms with Gasteiger partial charge in [0.1, 0.15) is 0 Å². The molecule has 0 N–H and O–H groups in total. The van der Waals surface area contributed by atoms with Crippen molar-refractivity contribution in [2.45, 2.75) is 0 Å². The lowest BCUT2D eigenvalue weighted by molar-refractivity contribution is 0.0566. The largest absolute Gasteiger partial charge is 0.459 e. The van der Waals surface area contributed by atoms with Gasteiger partial charge in [-0.2, -0.15) is 4.42 Å². The van der Waals surface area contributed by atoms with E-state index in [-0.39, 0.29) is 5.76 Å². The number of fused-ring (bicyclic) bond motifs is 1. The van der Waals surface area contributed by atoms with Gasteiger partial charge in [-0.05, 0) is 6.07 Å². The van der Waals surface area contributed by atoms with Gasteiger partial charge in [0.15, 0.2) is 0 Å². The first-order chi connectivity index (χ1) is 7.22. The number of hydrogen-bond acceptors (Lipinski definition) is 2. The number of methoxy groups -OCH3 is 1. The average Bonchev–Trinajstić information content (AvgIpc) is 2.28. The van der Waals surface area contributed by atoms with E-state index < -0.39 is 5.97 Å². The van der Waals surface area contributed by atoms with Crippen molar-refractivity contribution in [1.29, 1.82) is 0 Å². The Morgan fingerprint density at radius 2 is 2.13 bits per heavy atom. The summed E-state index contributed by atoms with van der Waals surface area (Å²) in [6, 6.07) is 8.68. The van der Waals surface area contributed by atoms with Crippen LogP contribution in [0.3, 0.4) is 0 Å². The summed E-state index contributed by atoms with van der Waals surface area (Å²) >= 11 is 6.00. The monoisotopic (exact) mass is 223 g/mol. The third-order valence-corrected chi connectivity index (χ3v) is 2.32. The normalized spacial score (nSPS) is 10.3. The molecule has 0 radical (unpaired) electrons. The third kappa shape index (κ3) is 1.78. The van der Waals surface area contributed by atoms with Crippen LogP contribution in [0.1, 0.15) is 10.6 Å². The number of para-hydroxylation sites is 1. The van der Waals surface area contributed by atoms with Crippen molar-refractivity contribution in [1.82, 2.24) is 0 Å². The summed E-state index contributed by atoms with van der Waals surface area (Å²) in [4.78, 5) is 11.2. The molecule has 0 unspecified atom stereocenters. The number of carbonyl (C=O) groups excluding carboxylic acids is 1. The van der Waals surface area contributed by atoms with E-state index in [1.165, 1.54) is 13.2 Å². The van der Waals surface area contributed by atoms with Crippen molar-refractivity contribution >= 4 is 28.5 Å². The Bertz CT molecular complexity index is 522. The van der Waals surface area contributed by atoms with Crippen molar-refractivity contribution in [3.8, 4) is 0 Å². The minimum absolute atomic E-state index is 0.0983. The molecule has 0 aliphatic carbocycles. The number of ether oxygens (including phenoxy) is 1. The first kappa shape index (κ1) is 9.93. The molecular formula is C11H8ClO3+. The summed E-state index contributed by atoms with van der Waals surface area (Å²) < 4.78 is 9.89. The van der Waals surface area contributed by atoms with Crippen LogP contribution in [0.25, 0.3) is 11.0 Å². The smallest absolute Gasteiger partial charge is 0.438 e. The molecular weight excluding hydrogens is 216 g/mol. The maximum atomic E-state index is 11.2. The van der Waals surface area contributed by atoms with Gasteiger partial charge in [-0.1, -0.05) is 23.7 Å². The Balaban J connectivity index is 2.67. The number of carbonyl (C=O) groups is 1. The first-order valence-electron chi connectivity index (χ1n) is 4.32. The lowest BCUT2D eigenvalue weighted by Gasteiger charge is -1.93. The Hall–Kier alpha value is -1.61. The standard InChI is InChI=1S/C11H8ClO3/c1-14-11(13)10-6-8(12)7-4-2-3-5-9(7)15-10/h2-6H,1H3/q+1. The molecule has 0 aliphatic heterocycles. The fourth-order valence-electron chi connectivity index (χ4n) is 1.29. The second-order valence-electron chi connectivity index (χ2n) is 2.95. The van der Waals surface area contributed by atoms with Crippen molar-refractivity contribution < 1.29 is 13.9 Å². The summed E-state index contributed by atoms with van der Waals surface area (Å²) in [5.74, 6) is -0.441. The van der Waals surface area contributed by atoms with Crippen LogP contribution in [0.15, 0.2) is 34.7 Å². The molecule has 1 aromatic carbocycles. The summed E-state index contributed by atoms with van der Waals surface area (Å²) in [6.45, 7) is 0. The van der Waals surface area contributed by atoms with Crippen molar-refractivity contribution in [2.24, 2.45) is 0 Å². The molecule has 0 spiro atoms. The Morgan fingerprint density at radius 1 is 1.40 bits per heavy atom. The summed E-state index contributed by atoms with van der Waals surface area (Å²) in [7, 11) is 1.29. The molecule has 3 nitrogen and oxygen atoms in total. The van der Waals surface area contributed by atoms with Gasteiger partial charge in [0.05, 0.1) is 23.6 Å². The lowest BCUT2D eigenvalue weighted by Crippen LogP contribution is -2.00. The van der Waals surface area contributed by atoms with Gasteiger partial charge in [-0.25, -0.2) is 4.79 Å². The van der Waals surface area contributed by atoms with Crippen LogP contribution in [0.2, 0.25) is 5.02 Å². The number of halogens is 1. The maximum absolute atomic E-state index is 11.2. The lowest BCUT2D eigenvalue weighted by atomic mass is 10.2. The Morgan fingerprint density at radius 3 is 2.87 bits per heavy atom. The van der Waals surface area contributed by atoms with E-state index in [4.69, 9.17) is 16.0 Å². The molecule has 4 heteroatoms. The highest BCUT2D eigenvalue weighted by atomic mass is 35.5. The van der Waals surface area contributed by atoms with E-state index in [0.29, 0.717) is 10.6 Å². The van der Waals surface area contributed by atoms with E-state index >= 15 is 0 Å². The molecule has 0 aliphatic rings. The maximum Gasteiger partial charge on any atom is 0.438 e. The zero-order valence-electron chi connectivity index (χ0n) is 7.99. The summed E-state index contributed by atoms with van der Waals surface area (Å²) in [6.07, 6.45) is 0. The molecule has 0 fully saturated rings. The minimum atomic E-state index is -0.539. The molecule has 1 heterocycles. The zero-order chi connectivity index (χ0) is 10.8. The van der Waals surface area contributed by atoms with E-state index in [2.05, 4.69) is 4.74 Å². The van der Waals surface area contributed by atoms with Gasteiger partial charge in [0.25, 0.3) is 0 Å². The van der Waals surface area contributed by atoms with Crippen molar-refractivity contribution in [2.75, 3.05) is 7.11 Å². The average molecular weight is 224 g/mol. The fraction of sp³-hybridized carbons (Fsp3) is 0.0909. The van der Waals surface area contributed by atoms with Crippen molar-refractivity contribution in [3.05, 3.63) is 41.1 Å². The van der Waals surface area contributed by atoms with Crippen LogP contribution in [0, 0.1) is 0 Å². The summed E-state index contributed by atoms with van der Waals surface area (Å²) in [5, 5.41) is 1.24. The first-order valence-corrected chi connectivity index (χ1v) is 4.70. The molecule has 76 valence electrons. The van der Waals surface area contributed by atoms with Gasteiger partial charge in [-0.3, -0.25) is 0 Å². The van der Waals surface area contributed by atoms with E-state index in [1.54, 1.807) is 6.07 Å². The molecule has 0 amide bonds. The SMILES string of the molecule is COC(=O)c1cc(Cl)c2ccccc2[o+]1. The topological polar surface area (TPSA) is 37.6 Å². The van der Waals surface area contributed by atoms with E-state index in [0.717, 1.165) is 5.39 Å². The van der Waals surface area contributed by atoms with E-state index in [1.807, 2.05) is 18.2 Å². The number of esters is 1. The van der Waals surface area contributed by atoms with Crippen LogP contribution in [0.5, 0.6) is 0 Å². The second-order valence-corrected chi connectivity index (χ2v) is 3.35. The molecule has 0 bridgehead atoms. The fourth-order valence-corrected chi connectivity index (χ4v) is 1.55. The molecule has 0 atom stereocenters. The quantitative estimate of drug-likeness (QED) is 0.551. The minimum Gasteiger partial charge on any atom is -0.459 e. The molecule has 1 aromatic heterocycles. The Labute approximate surface area is 91.2 Å². The van der Waals surface area contributed by atoms with Crippen LogP contribution in [0.4, 0.5) is 0 Å². The van der Waals surface area contributed by atoms with Crippen LogP contribution in [-0.4, -0.2) is 13.1 Å². The van der Waals surface area contributed by atoms with Gasteiger partial charge < -0.3 is 4.74 Å². The highest BCUT2D eigenvalue weighted by molar-refractivity contribution is 6.35. The zero-order valence-corrected chi connectivity index (χ0v) is 8.75. The third-order valence-electron chi connectivity index (χ3n) is 2.01. The number of benzene rings is 1. The molecule has 2 rings (SSSR count). The molecule has 0 saturated carbocycles. The molecule has 15 heavy (non-hydrogen) atoms. The highest BCUT2D eigenvalue weighted by Crippen LogP contribution is 2.25. The molecule has 2 aromatic rings. The van der Waals surface area contributed by atoms with Crippen LogP contribution >= 0.6 is 11.6 Å². The van der Waals surface area contributed by atoms with Crippen molar-refractivity contribution in [3.63, 3.8) is 0 Å². The molecule has 0 saturated heterocycles. The summed E-state index contributed by atoms with van der Waals surface area (Å²) in [5.41, 5.74) is 0.561. The van der Waals surface area contributed by atoms with Crippen LogP contribution in [-0.2, 0) is 4.74 Å². The Kier molecular flexibility index (Phi) is 2.56.